The highest BCUT2D eigenvalue weighted by molar-refractivity contribution is 7.18. The molecule has 0 saturated carbocycles. The van der Waals surface area contributed by atoms with Crippen LogP contribution in [0.2, 0.25) is 0 Å². The molecule has 6 nitrogen and oxygen atoms in total. The minimum atomic E-state index is -0.421. The number of aliphatic imine (C=N–C) groups is 2. The Balaban J connectivity index is 1.95. The Hall–Kier alpha value is -1.62. The van der Waals surface area contributed by atoms with E-state index in [0.29, 0.717) is 19.1 Å². The second kappa shape index (κ2) is 6.22. The smallest absolute Gasteiger partial charge is 0.388 e. The first-order valence-electron chi connectivity index (χ1n) is 6.41. The number of para-hydroxylation sites is 1. The lowest BCUT2D eigenvalue weighted by atomic mass is 10.2. The molecule has 1 atom stereocenters. The number of rotatable bonds is 2. The molecule has 0 aromatic heterocycles. The molecule has 1 aromatic rings. The summed E-state index contributed by atoms with van der Waals surface area (Å²) < 4.78 is 21.3. The molecule has 2 aliphatic rings. The van der Waals surface area contributed by atoms with Gasteiger partial charge in [0.1, 0.15) is 0 Å². The van der Waals surface area contributed by atoms with Gasteiger partial charge in [0.15, 0.2) is 6.17 Å². The van der Waals surface area contributed by atoms with Gasteiger partial charge in [0.05, 0.1) is 18.9 Å². The van der Waals surface area contributed by atoms with Crippen molar-refractivity contribution in [3.63, 3.8) is 0 Å². The normalized spacial score (nSPS) is 23.0. The maximum atomic E-state index is 10.8. The Labute approximate surface area is 118 Å². The molecule has 0 N–H and O–H groups in total. The lowest BCUT2D eigenvalue weighted by Gasteiger charge is -2.30. The summed E-state index contributed by atoms with van der Waals surface area (Å²) in [7, 11) is -0.421. The summed E-state index contributed by atoms with van der Waals surface area (Å²) in [6, 6.07) is 7.66. The summed E-state index contributed by atoms with van der Waals surface area (Å²) in [5, 5.41) is 0. The first-order valence-corrected chi connectivity index (χ1v) is 7.14. The summed E-state index contributed by atoms with van der Waals surface area (Å²) >= 11 is 0. The maximum Gasteiger partial charge on any atom is 0.397 e. The van der Waals surface area contributed by atoms with Gasteiger partial charge in [0, 0.05) is 24.9 Å². The molecule has 1 unspecified atom stereocenters. The molecular weight excluding hydrogens is 277 g/mol. The average molecular weight is 291 g/mol. The van der Waals surface area contributed by atoms with Crippen molar-refractivity contribution in [1.82, 2.24) is 4.90 Å². The fourth-order valence-corrected chi connectivity index (χ4v) is 2.48. The molecule has 1 aromatic carbocycles. The van der Waals surface area contributed by atoms with E-state index in [-0.39, 0.29) is 6.17 Å². The topological polar surface area (TPSA) is 63.5 Å². The third-order valence-electron chi connectivity index (χ3n) is 3.27. The Morgan fingerprint density at radius 3 is 2.90 bits per heavy atom. The molecule has 0 radical (unpaired) electrons. The zero-order valence-corrected chi connectivity index (χ0v) is 11.7. The number of fused-ring (bicyclic) bond motifs is 1. The highest BCUT2D eigenvalue weighted by Gasteiger charge is 2.28. The van der Waals surface area contributed by atoms with Crippen LogP contribution in [0.5, 0.6) is 0 Å². The maximum absolute atomic E-state index is 10.8. The molecule has 0 amide bonds. The van der Waals surface area contributed by atoms with Gasteiger partial charge >= 0.3 is 8.69 Å². The van der Waals surface area contributed by atoms with E-state index in [1.807, 2.05) is 24.3 Å². The third kappa shape index (κ3) is 2.77. The van der Waals surface area contributed by atoms with Crippen molar-refractivity contribution in [3.05, 3.63) is 29.8 Å². The van der Waals surface area contributed by atoms with E-state index < -0.39 is 8.69 Å². The van der Waals surface area contributed by atoms with Gasteiger partial charge in [-0.3, -0.25) is 9.89 Å². The third-order valence-corrected chi connectivity index (χ3v) is 3.53. The van der Waals surface area contributed by atoms with Gasteiger partial charge < -0.3 is 9.26 Å². The number of hydrogen-bond donors (Lipinski definition) is 0. The largest absolute Gasteiger partial charge is 0.397 e. The molecule has 20 heavy (non-hydrogen) atoms. The van der Waals surface area contributed by atoms with Crippen LogP contribution in [-0.2, 0) is 13.8 Å². The number of hydrogen-bond acceptors (Lipinski definition) is 6. The lowest BCUT2D eigenvalue weighted by Crippen LogP contribution is -2.46. The van der Waals surface area contributed by atoms with Crippen LogP contribution in [0.25, 0.3) is 0 Å². The summed E-state index contributed by atoms with van der Waals surface area (Å²) in [6.45, 7) is 2.80. The van der Waals surface area contributed by atoms with Crippen molar-refractivity contribution in [3.8, 4) is 0 Å². The molecule has 104 valence electrons. The zero-order valence-electron chi connectivity index (χ0n) is 10.8. The fraction of sp³-hybridized carbons (Fsp3) is 0.385. The molecule has 0 aliphatic carbocycles. The van der Waals surface area contributed by atoms with Crippen molar-refractivity contribution >= 4 is 26.5 Å². The van der Waals surface area contributed by atoms with Crippen LogP contribution in [0.15, 0.2) is 34.3 Å². The van der Waals surface area contributed by atoms with Crippen LogP contribution in [-0.4, -0.2) is 49.5 Å². The molecular formula is C13H14N3O3P. The Morgan fingerprint density at radius 1 is 1.30 bits per heavy atom. The summed E-state index contributed by atoms with van der Waals surface area (Å²) in [4.78, 5) is 11.1. The first-order chi connectivity index (χ1) is 9.88. The molecule has 0 bridgehead atoms. The highest BCUT2D eigenvalue weighted by atomic mass is 31.1. The molecule has 0 spiro atoms. The monoisotopic (exact) mass is 291 g/mol. The lowest BCUT2D eigenvalue weighted by molar-refractivity contribution is 0.0284. The predicted molar refractivity (Wildman–Crippen MR) is 76.0 cm³/mol. The fourth-order valence-electron chi connectivity index (χ4n) is 2.27. The Bertz CT molecular complexity index is 556. The van der Waals surface area contributed by atoms with E-state index in [2.05, 4.69) is 14.9 Å². The van der Waals surface area contributed by atoms with Crippen molar-refractivity contribution in [2.45, 2.75) is 6.17 Å². The van der Waals surface area contributed by atoms with E-state index >= 15 is 0 Å². The van der Waals surface area contributed by atoms with Gasteiger partial charge in [0.25, 0.3) is 0 Å². The number of ether oxygens (including phenoxy) is 1. The molecule has 3 rings (SSSR count). The molecule has 2 heterocycles. The number of nitrogens with zero attached hydrogens (tertiary/aromatic N) is 3. The average Bonchev–Trinajstić information content (AvgIpc) is 2.68. The van der Waals surface area contributed by atoms with Crippen LogP contribution in [0.3, 0.4) is 0 Å². The van der Waals surface area contributed by atoms with Gasteiger partial charge in [-0.1, -0.05) is 18.2 Å². The van der Waals surface area contributed by atoms with E-state index in [4.69, 9.17) is 9.26 Å². The zero-order chi connectivity index (χ0) is 13.8. The van der Waals surface area contributed by atoms with Gasteiger partial charge in [-0.2, -0.15) is 0 Å². The molecule has 1 fully saturated rings. The number of morpholine rings is 1. The Kier molecular flexibility index (Phi) is 4.16. The first kappa shape index (κ1) is 13.4. The predicted octanol–water partition coefficient (Wildman–Crippen LogP) is 2.03. The van der Waals surface area contributed by atoms with Gasteiger partial charge in [-0.25, -0.2) is 9.56 Å². The number of benzene rings is 1. The van der Waals surface area contributed by atoms with Crippen LogP contribution in [0.1, 0.15) is 5.56 Å². The van der Waals surface area contributed by atoms with E-state index in [1.165, 1.54) is 0 Å². The molecule has 1 saturated heterocycles. The quantitative estimate of drug-likeness (QED) is 0.782. The molecule has 2 aliphatic heterocycles. The van der Waals surface area contributed by atoms with Crippen LogP contribution >= 0.6 is 8.69 Å². The van der Waals surface area contributed by atoms with Crippen molar-refractivity contribution in [2.75, 3.05) is 26.3 Å². The minimum absolute atomic E-state index is 0.352. The van der Waals surface area contributed by atoms with E-state index in [9.17, 15) is 4.57 Å². The highest BCUT2D eigenvalue weighted by Crippen LogP contribution is 2.24. The van der Waals surface area contributed by atoms with Crippen LogP contribution in [0, 0.1) is 0 Å². The van der Waals surface area contributed by atoms with Crippen molar-refractivity contribution in [1.29, 1.82) is 0 Å². The minimum Gasteiger partial charge on any atom is -0.388 e. The second-order valence-corrected chi connectivity index (χ2v) is 4.81. The van der Waals surface area contributed by atoms with Crippen LogP contribution in [0.4, 0.5) is 5.69 Å². The van der Waals surface area contributed by atoms with Gasteiger partial charge in [0.2, 0.25) is 5.90 Å². The van der Waals surface area contributed by atoms with Crippen LogP contribution < -0.4 is 0 Å². The van der Waals surface area contributed by atoms with Crippen molar-refractivity contribution in [2.24, 2.45) is 9.98 Å². The second-order valence-electron chi connectivity index (χ2n) is 4.47. The summed E-state index contributed by atoms with van der Waals surface area (Å²) in [5.74, 6) is 0.352. The standard InChI is InChI=1S/C13H14N3O3P/c17-20-19-13-12(16-5-7-18-8-6-16)14-9-10-3-1-2-4-11(10)15-13/h1-4,9,12H,5-8H2. The Morgan fingerprint density at radius 2 is 2.10 bits per heavy atom. The summed E-state index contributed by atoms with van der Waals surface area (Å²) in [6.07, 6.45) is 1.43. The van der Waals surface area contributed by atoms with Gasteiger partial charge in [-0.15, -0.1) is 0 Å². The van der Waals surface area contributed by atoms with E-state index in [1.54, 1.807) is 6.21 Å². The van der Waals surface area contributed by atoms with Crippen molar-refractivity contribution < 1.29 is 13.8 Å². The molecule has 7 heteroatoms. The van der Waals surface area contributed by atoms with E-state index in [0.717, 1.165) is 24.3 Å². The summed E-state index contributed by atoms with van der Waals surface area (Å²) in [5.41, 5.74) is 1.69. The SMILES string of the molecule is O=POC1=Nc2ccccc2C=NC1N1CCOCC1. The van der Waals surface area contributed by atoms with Gasteiger partial charge in [-0.05, 0) is 6.07 Å².